The molecule has 1 aliphatic heterocycles. The summed E-state index contributed by atoms with van der Waals surface area (Å²) in [6, 6.07) is 0. The molecule has 3 nitrogen and oxygen atoms in total. The summed E-state index contributed by atoms with van der Waals surface area (Å²) in [7, 11) is 0. The van der Waals surface area contributed by atoms with Crippen LogP contribution in [-0.4, -0.2) is 29.5 Å². The zero-order valence-electron chi connectivity index (χ0n) is 13.5. The highest BCUT2D eigenvalue weighted by molar-refractivity contribution is 7.11. The third-order valence-corrected chi connectivity index (χ3v) is 5.74. The van der Waals surface area contributed by atoms with Crippen LogP contribution in [0.4, 0.5) is 0 Å². The maximum absolute atomic E-state index is 5.00. The first-order valence-electron chi connectivity index (χ1n) is 8.67. The molecular weight excluding hydrogens is 278 g/mol. The van der Waals surface area contributed by atoms with Crippen molar-refractivity contribution in [1.82, 2.24) is 15.2 Å². The summed E-state index contributed by atoms with van der Waals surface area (Å²) >= 11 is 1.96. The molecule has 1 saturated heterocycles. The summed E-state index contributed by atoms with van der Waals surface area (Å²) in [6.07, 6.45) is 6.62. The van der Waals surface area contributed by atoms with Crippen LogP contribution >= 0.6 is 11.3 Å². The number of thiazole rings is 1. The van der Waals surface area contributed by atoms with Crippen LogP contribution in [-0.2, 0) is 13.1 Å². The predicted molar refractivity (Wildman–Crippen MR) is 89.8 cm³/mol. The molecule has 118 valence electrons. The Morgan fingerprint density at radius 2 is 2.00 bits per heavy atom. The van der Waals surface area contributed by atoms with Gasteiger partial charge in [0.25, 0.3) is 0 Å². The van der Waals surface area contributed by atoms with Crippen LogP contribution in [0.1, 0.15) is 67.4 Å². The van der Waals surface area contributed by atoms with Gasteiger partial charge >= 0.3 is 0 Å². The molecule has 0 bridgehead atoms. The molecule has 1 saturated carbocycles. The molecule has 0 radical (unpaired) electrons. The first kappa shape index (κ1) is 15.4. The van der Waals surface area contributed by atoms with Crippen LogP contribution in [0.2, 0.25) is 0 Å². The maximum atomic E-state index is 5.00. The zero-order chi connectivity index (χ0) is 14.7. The highest BCUT2D eigenvalue weighted by atomic mass is 32.1. The number of nitrogens with zero attached hydrogens (tertiary/aromatic N) is 2. The summed E-state index contributed by atoms with van der Waals surface area (Å²) in [5, 5.41) is 4.90. The minimum absolute atomic E-state index is 0.773. The molecule has 21 heavy (non-hydrogen) atoms. The lowest BCUT2D eigenvalue weighted by Gasteiger charge is -2.29. The minimum atomic E-state index is 0.773. The lowest BCUT2D eigenvalue weighted by Crippen LogP contribution is -2.32. The summed E-state index contributed by atoms with van der Waals surface area (Å²) in [6.45, 7) is 10.3. The third-order valence-electron chi connectivity index (χ3n) is 4.68. The number of nitrogens with one attached hydrogen (secondary N) is 1. The predicted octanol–water partition coefficient (Wildman–Crippen LogP) is 3.75. The van der Waals surface area contributed by atoms with E-state index in [0.29, 0.717) is 0 Å². The van der Waals surface area contributed by atoms with Crippen molar-refractivity contribution in [2.75, 3.05) is 19.6 Å². The van der Waals surface area contributed by atoms with E-state index in [1.54, 1.807) is 0 Å². The molecule has 0 aromatic carbocycles. The summed E-state index contributed by atoms with van der Waals surface area (Å²) in [4.78, 5) is 9.10. The van der Waals surface area contributed by atoms with Crippen molar-refractivity contribution in [1.29, 1.82) is 0 Å². The van der Waals surface area contributed by atoms with Gasteiger partial charge in [0.15, 0.2) is 0 Å². The second-order valence-electron chi connectivity index (χ2n) is 6.83. The molecule has 2 fully saturated rings. The highest BCUT2D eigenvalue weighted by Gasteiger charge is 2.29. The van der Waals surface area contributed by atoms with E-state index in [9.17, 15) is 0 Å². The molecule has 0 amide bonds. The van der Waals surface area contributed by atoms with E-state index in [0.717, 1.165) is 31.5 Å². The molecule has 4 heteroatoms. The van der Waals surface area contributed by atoms with Gasteiger partial charge in [-0.1, -0.05) is 13.8 Å². The normalized spacial score (nSPS) is 21.0. The van der Waals surface area contributed by atoms with Crippen molar-refractivity contribution in [3.63, 3.8) is 0 Å². The topological polar surface area (TPSA) is 28.2 Å². The van der Waals surface area contributed by atoms with Crippen LogP contribution in [0.25, 0.3) is 0 Å². The minimum Gasteiger partial charge on any atom is -0.312 e. The summed E-state index contributed by atoms with van der Waals surface area (Å²) < 4.78 is 0. The molecule has 2 aliphatic rings. The third kappa shape index (κ3) is 4.27. The second kappa shape index (κ2) is 7.21. The number of rotatable bonds is 7. The SMILES string of the molecule is CCCNCc1sc(CN2CCC(C)CC2)nc1C1CC1. The van der Waals surface area contributed by atoms with Gasteiger partial charge in [-0.3, -0.25) is 4.90 Å². The van der Waals surface area contributed by atoms with Crippen LogP contribution in [0.5, 0.6) is 0 Å². The molecule has 1 aliphatic carbocycles. The van der Waals surface area contributed by atoms with Crippen LogP contribution < -0.4 is 5.32 Å². The Kier molecular flexibility index (Phi) is 5.30. The fourth-order valence-corrected chi connectivity index (χ4v) is 4.24. The number of likely N-dealkylation sites (tertiary alicyclic amines) is 1. The molecule has 1 aromatic rings. The standard InChI is InChI=1S/C17H29N3S/c1-3-8-18-11-15-17(14-4-5-14)19-16(21-15)12-20-9-6-13(2)7-10-20/h13-14,18H,3-12H2,1-2H3. The number of hydrogen-bond donors (Lipinski definition) is 1. The largest absolute Gasteiger partial charge is 0.312 e. The molecule has 0 atom stereocenters. The monoisotopic (exact) mass is 307 g/mol. The molecule has 3 rings (SSSR count). The van der Waals surface area contributed by atoms with Gasteiger partial charge in [-0.25, -0.2) is 4.98 Å². The van der Waals surface area contributed by atoms with Crippen molar-refractivity contribution in [3.8, 4) is 0 Å². The summed E-state index contributed by atoms with van der Waals surface area (Å²) in [5.41, 5.74) is 1.42. The number of aromatic nitrogens is 1. The van der Waals surface area contributed by atoms with E-state index in [4.69, 9.17) is 4.98 Å². The van der Waals surface area contributed by atoms with Gasteiger partial charge in [0.2, 0.25) is 0 Å². The Bertz CT molecular complexity index is 445. The van der Waals surface area contributed by atoms with E-state index in [1.807, 2.05) is 11.3 Å². The molecule has 0 unspecified atom stereocenters. The van der Waals surface area contributed by atoms with Crippen molar-refractivity contribution in [2.45, 2.75) is 65.0 Å². The molecule has 1 N–H and O–H groups in total. The quantitative estimate of drug-likeness (QED) is 0.778. The Hall–Kier alpha value is -0.450. The van der Waals surface area contributed by atoms with Crippen molar-refractivity contribution >= 4 is 11.3 Å². The Morgan fingerprint density at radius 3 is 2.67 bits per heavy atom. The first-order chi connectivity index (χ1) is 10.3. The van der Waals surface area contributed by atoms with Gasteiger partial charge in [0, 0.05) is 17.3 Å². The van der Waals surface area contributed by atoms with Crippen LogP contribution in [0, 0.1) is 5.92 Å². The van der Waals surface area contributed by atoms with Crippen molar-refractivity contribution < 1.29 is 0 Å². The van der Waals surface area contributed by atoms with Gasteiger partial charge in [0.05, 0.1) is 12.2 Å². The maximum Gasteiger partial charge on any atom is 0.107 e. The Balaban J connectivity index is 1.61. The van der Waals surface area contributed by atoms with Gasteiger partial charge in [-0.05, 0) is 57.7 Å². The smallest absolute Gasteiger partial charge is 0.107 e. The lowest BCUT2D eigenvalue weighted by molar-refractivity contribution is 0.185. The second-order valence-corrected chi connectivity index (χ2v) is 7.99. The van der Waals surface area contributed by atoms with E-state index >= 15 is 0 Å². The fourth-order valence-electron chi connectivity index (χ4n) is 3.07. The van der Waals surface area contributed by atoms with Gasteiger partial charge in [-0.15, -0.1) is 11.3 Å². The number of hydrogen-bond acceptors (Lipinski definition) is 4. The van der Waals surface area contributed by atoms with Crippen molar-refractivity contribution in [2.24, 2.45) is 5.92 Å². The average Bonchev–Trinajstić information content (AvgIpc) is 3.25. The van der Waals surface area contributed by atoms with E-state index < -0.39 is 0 Å². The Morgan fingerprint density at radius 1 is 1.24 bits per heavy atom. The molecule has 1 aromatic heterocycles. The Labute approximate surface area is 133 Å². The number of piperidine rings is 1. The lowest BCUT2D eigenvalue weighted by atomic mass is 9.99. The zero-order valence-corrected chi connectivity index (χ0v) is 14.3. The van der Waals surface area contributed by atoms with Gasteiger partial charge in [0.1, 0.15) is 5.01 Å². The molecule has 2 heterocycles. The van der Waals surface area contributed by atoms with Crippen molar-refractivity contribution in [3.05, 3.63) is 15.6 Å². The van der Waals surface area contributed by atoms with Gasteiger partial charge < -0.3 is 5.32 Å². The molecular formula is C17H29N3S. The van der Waals surface area contributed by atoms with E-state index in [-0.39, 0.29) is 0 Å². The highest BCUT2D eigenvalue weighted by Crippen LogP contribution is 2.42. The average molecular weight is 308 g/mol. The molecule has 0 spiro atoms. The van der Waals surface area contributed by atoms with Gasteiger partial charge in [-0.2, -0.15) is 0 Å². The summed E-state index contributed by atoms with van der Waals surface area (Å²) in [5.74, 6) is 1.68. The first-order valence-corrected chi connectivity index (χ1v) is 9.49. The van der Waals surface area contributed by atoms with E-state index in [1.165, 1.54) is 60.8 Å². The van der Waals surface area contributed by atoms with Crippen LogP contribution in [0.3, 0.4) is 0 Å². The fraction of sp³-hybridized carbons (Fsp3) is 0.824. The van der Waals surface area contributed by atoms with E-state index in [2.05, 4.69) is 24.1 Å². The van der Waals surface area contributed by atoms with Crippen LogP contribution in [0.15, 0.2) is 0 Å².